The first-order valence-electron chi connectivity index (χ1n) is 8.46. The lowest BCUT2D eigenvalue weighted by molar-refractivity contribution is -0.114. The first kappa shape index (κ1) is 18.6. The summed E-state index contributed by atoms with van der Waals surface area (Å²) in [5.41, 5.74) is 2.61. The second kappa shape index (κ2) is 8.47. The summed E-state index contributed by atoms with van der Waals surface area (Å²) in [6.07, 6.45) is 4.80. The van der Waals surface area contributed by atoms with Crippen molar-refractivity contribution in [2.45, 2.75) is 6.92 Å². The van der Waals surface area contributed by atoms with Crippen LogP contribution in [0.1, 0.15) is 12.5 Å². The molecule has 1 aromatic heterocycles. The molecule has 1 heterocycles. The molecule has 0 unspecified atom stereocenters. The first-order chi connectivity index (χ1) is 13.5. The monoisotopic (exact) mass is 371 g/mol. The maximum Gasteiger partial charge on any atom is 0.266 e. The van der Waals surface area contributed by atoms with Crippen molar-refractivity contribution in [3.8, 4) is 11.8 Å². The summed E-state index contributed by atoms with van der Waals surface area (Å²) in [6, 6.07) is 18.1. The maximum absolute atomic E-state index is 12.4. The highest BCUT2D eigenvalue weighted by Crippen LogP contribution is 2.16. The number of aromatic nitrogens is 2. The van der Waals surface area contributed by atoms with Crippen LogP contribution in [0.15, 0.2) is 72.6 Å². The highest BCUT2D eigenvalue weighted by atomic mass is 16.2. The first-order valence-corrected chi connectivity index (χ1v) is 8.46. The molecule has 7 heteroatoms. The molecule has 0 bridgehead atoms. The summed E-state index contributed by atoms with van der Waals surface area (Å²) in [7, 11) is 0. The van der Waals surface area contributed by atoms with E-state index in [0.29, 0.717) is 16.9 Å². The van der Waals surface area contributed by atoms with Crippen LogP contribution >= 0.6 is 0 Å². The standard InChI is InChI=1S/C21H17N5O2/c1-15(27)24-18-7-9-19(10-8-18)25-21(28)17(12-22)11-16-13-23-26(14-16)20-5-3-2-4-6-20/h2-11,13-14H,1H3,(H,24,27)(H,25,28)/b17-11+. The predicted molar refractivity (Wildman–Crippen MR) is 107 cm³/mol. The van der Waals surface area contributed by atoms with Crippen LogP contribution in [0.4, 0.5) is 11.4 Å². The quantitative estimate of drug-likeness (QED) is 0.530. The fourth-order valence-electron chi connectivity index (χ4n) is 2.49. The van der Waals surface area contributed by atoms with Gasteiger partial charge in [0.05, 0.1) is 11.9 Å². The van der Waals surface area contributed by atoms with Gasteiger partial charge in [0.1, 0.15) is 11.6 Å². The number of amides is 2. The fourth-order valence-corrected chi connectivity index (χ4v) is 2.49. The smallest absolute Gasteiger partial charge is 0.266 e. The van der Waals surface area contributed by atoms with E-state index < -0.39 is 5.91 Å². The van der Waals surface area contributed by atoms with E-state index in [-0.39, 0.29) is 11.5 Å². The van der Waals surface area contributed by atoms with Gasteiger partial charge in [-0.3, -0.25) is 9.59 Å². The molecule has 3 rings (SSSR count). The van der Waals surface area contributed by atoms with E-state index in [0.717, 1.165) is 5.69 Å². The topological polar surface area (TPSA) is 99.8 Å². The second-order valence-electron chi connectivity index (χ2n) is 5.94. The molecular weight excluding hydrogens is 354 g/mol. The lowest BCUT2D eigenvalue weighted by Gasteiger charge is -2.06. The van der Waals surface area contributed by atoms with Gasteiger partial charge in [0.25, 0.3) is 5.91 Å². The van der Waals surface area contributed by atoms with E-state index in [9.17, 15) is 14.9 Å². The average Bonchev–Trinajstić information content (AvgIpc) is 3.16. The van der Waals surface area contributed by atoms with Gasteiger partial charge in [0, 0.05) is 30.1 Å². The number of para-hydroxylation sites is 1. The lowest BCUT2D eigenvalue weighted by atomic mass is 10.2. The van der Waals surface area contributed by atoms with Crippen molar-refractivity contribution in [2.75, 3.05) is 10.6 Å². The van der Waals surface area contributed by atoms with Crippen LogP contribution < -0.4 is 10.6 Å². The Bertz CT molecular complexity index is 1060. The Morgan fingerprint density at radius 2 is 1.68 bits per heavy atom. The van der Waals surface area contributed by atoms with Gasteiger partial charge >= 0.3 is 0 Å². The normalized spacial score (nSPS) is 10.8. The number of hydrogen-bond donors (Lipinski definition) is 2. The second-order valence-corrected chi connectivity index (χ2v) is 5.94. The Kier molecular flexibility index (Phi) is 5.63. The molecule has 28 heavy (non-hydrogen) atoms. The summed E-state index contributed by atoms with van der Waals surface area (Å²) in [4.78, 5) is 23.4. The number of carbonyl (C=O) groups excluding carboxylic acids is 2. The van der Waals surface area contributed by atoms with E-state index >= 15 is 0 Å². The van der Waals surface area contributed by atoms with Crippen LogP contribution in [0.3, 0.4) is 0 Å². The van der Waals surface area contributed by atoms with Crippen molar-refractivity contribution >= 4 is 29.3 Å². The number of hydrogen-bond acceptors (Lipinski definition) is 4. The summed E-state index contributed by atoms with van der Waals surface area (Å²) in [5, 5.41) is 18.9. The Morgan fingerprint density at radius 3 is 2.29 bits per heavy atom. The fraction of sp³-hybridized carbons (Fsp3) is 0.0476. The van der Waals surface area contributed by atoms with Crippen LogP contribution in [-0.4, -0.2) is 21.6 Å². The molecule has 2 aromatic carbocycles. The summed E-state index contributed by atoms with van der Waals surface area (Å²) >= 11 is 0. The molecule has 3 aromatic rings. The zero-order valence-corrected chi connectivity index (χ0v) is 15.1. The van der Waals surface area contributed by atoms with E-state index in [1.54, 1.807) is 41.3 Å². The number of nitrogens with one attached hydrogen (secondary N) is 2. The number of carbonyl (C=O) groups is 2. The highest BCUT2D eigenvalue weighted by molar-refractivity contribution is 6.09. The molecule has 0 fully saturated rings. The van der Waals surface area contributed by atoms with Crippen molar-refractivity contribution < 1.29 is 9.59 Å². The zero-order valence-electron chi connectivity index (χ0n) is 15.1. The molecule has 0 radical (unpaired) electrons. The van der Waals surface area contributed by atoms with Crippen LogP contribution in [0, 0.1) is 11.3 Å². The zero-order chi connectivity index (χ0) is 19.9. The van der Waals surface area contributed by atoms with Gasteiger partial charge in [0.2, 0.25) is 5.91 Å². The van der Waals surface area contributed by atoms with Crippen molar-refractivity contribution in [3.63, 3.8) is 0 Å². The van der Waals surface area contributed by atoms with Crippen molar-refractivity contribution in [3.05, 3.63) is 78.1 Å². The summed E-state index contributed by atoms with van der Waals surface area (Å²) in [5.74, 6) is -0.704. The molecule has 0 aliphatic carbocycles. The van der Waals surface area contributed by atoms with Crippen LogP contribution in [0.2, 0.25) is 0 Å². The largest absolute Gasteiger partial charge is 0.326 e. The minimum atomic E-state index is -0.526. The number of nitrogens with zero attached hydrogens (tertiary/aromatic N) is 3. The van der Waals surface area contributed by atoms with Gasteiger partial charge in [0.15, 0.2) is 0 Å². The molecule has 7 nitrogen and oxygen atoms in total. The third-order valence-corrected chi connectivity index (χ3v) is 3.76. The van der Waals surface area contributed by atoms with Crippen LogP contribution in [0.5, 0.6) is 0 Å². The summed E-state index contributed by atoms with van der Waals surface area (Å²) in [6.45, 7) is 1.42. The predicted octanol–water partition coefficient (Wildman–Crippen LogP) is 3.38. The number of benzene rings is 2. The molecule has 0 atom stereocenters. The SMILES string of the molecule is CC(=O)Nc1ccc(NC(=O)/C(C#N)=C/c2cnn(-c3ccccc3)c2)cc1. The van der Waals surface area contributed by atoms with Gasteiger partial charge in [-0.1, -0.05) is 18.2 Å². The minimum Gasteiger partial charge on any atom is -0.326 e. The molecule has 2 amide bonds. The molecule has 0 saturated carbocycles. The van der Waals surface area contributed by atoms with Gasteiger partial charge in [-0.25, -0.2) is 4.68 Å². The molecule has 2 N–H and O–H groups in total. The van der Waals surface area contributed by atoms with Gasteiger partial charge < -0.3 is 10.6 Å². The molecular formula is C21H17N5O2. The maximum atomic E-state index is 12.4. The van der Waals surface area contributed by atoms with Crippen LogP contribution in [-0.2, 0) is 9.59 Å². The van der Waals surface area contributed by atoms with Crippen LogP contribution in [0.25, 0.3) is 11.8 Å². The lowest BCUT2D eigenvalue weighted by Crippen LogP contribution is -2.13. The molecule has 0 spiro atoms. The van der Waals surface area contributed by atoms with Gasteiger partial charge in [-0.15, -0.1) is 0 Å². The Morgan fingerprint density at radius 1 is 1.04 bits per heavy atom. The van der Waals surface area contributed by atoms with Crippen molar-refractivity contribution in [1.29, 1.82) is 5.26 Å². The van der Waals surface area contributed by atoms with E-state index in [1.165, 1.54) is 13.0 Å². The third-order valence-electron chi connectivity index (χ3n) is 3.76. The van der Waals surface area contributed by atoms with E-state index in [1.807, 2.05) is 36.4 Å². The summed E-state index contributed by atoms with van der Waals surface area (Å²) < 4.78 is 1.67. The Balaban J connectivity index is 1.72. The average molecular weight is 371 g/mol. The molecule has 138 valence electrons. The van der Waals surface area contributed by atoms with Crippen molar-refractivity contribution in [2.24, 2.45) is 0 Å². The number of rotatable bonds is 5. The third kappa shape index (κ3) is 4.71. The molecule has 0 aliphatic rings. The van der Waals surface area contributed by atoms with Crippen molar-refractivity contribution in [1.82, 2.24) is 9.78 Å². The number of anilines is 2. The minimum absolute atomic E-state index is 0.0430. The molecule has 0 aliphatic heterocycles. The van der Waals surface area contributed by atoms with Gasteiger partial charge in [-0.05, 0) is 42.5 Å². The Hall–Kier alpha value is -4.18. The highest BCUT2D eigenvalue weighted by Gasteiger charge is 2.10. The van der Waals surface area contributed by atoms with E-state index in [4.69, 9.17) is 0 Å². The molecule has 0 saturated heterocycles. The van der Waals surface area contributed by atoms with Gasteiger partial charge in [-0.2, -0.15) is 10.4 Å². The number of nitriles is 1. The van der Waals surface area contributed by atoms with E-state index in [2.05, 4.69) is 15.7 Å². The Labute approximate surface area is 161 Å².